The molecule has 0 radical (unpaired) electrons. The SMILES string of the molecule is NCCc1ccccc1C(=O)NCCc1ccc(Cl)s1. The van der Waals surface area contributed by atoms with Crippen molar-refractivity contribution in [3.05, 3.63) is 56.7 Å². The van der Waals surface area contributed by atoms with Gasteiger partial charge < -0.3 is 11.1 Å². The first kappa shape index (κ1) is 15.0. The molecule has 2 aromatic rings. The lowest BCUT2D eigenvalue weighted by Gasteiger charge is -2.09. The topological polar surface area (TPSA) is 55.1 Å². The van der Waals surface area contributed by atoms with Gasteiger partial charge in [0.1, 0.15) is 0 Å². The maximum atomic E-state index is 12.2. The number of amides is 1. The van der Waals surface area contributed by atoms with Crippen LogP contribution in [0.2, 0.25) is 4.34 Å². The van der Waals surface area contributed by atoms with Crippen LogP contribution in [0.1, 0.15) is 20.8 Å². The van der Waals surface area contributed by atoms with Crippen molar-refractivity contribution in [2.45, 2.75) is 12.8 Å². The molecule has 1 aromatic carbocycles. The predicted molar refractivity (Wildman–Crippen MR) is 84.6 cm³/mol. The lowest BCUT2D eigenvalue weighted by Crippen LogP contribution is -2.26. The Balaban J connectivity index is 1.91. The molecule has 0 fully saturated rings. The zero-order valence-electron chi connectivity index (χ0n) is 11.1. The van der Waals surface area contributed by atoms with Crippen LogP contribution in [0.3, 0.4) is 0 Å². The van der Waals surface area contributed by atoms with Crippen LogP contribution in [-0.2, 0) is 12.8 Å². The lowest BCUT2D eigenvalue weighted by molar-refractivity contribution is 0.0953. The van der Waals surface area contributed by atoms with Crippen LogP contribution in [0, 0.1) is 0 Å². The highest BCUT2D eigenvalue weighted by Crippen LogP contribution is 2.21. The van der Waals surface area contributed by atoms with Gasteiger partial charge in [0.05, 0.1) is 4.34 Å². The van der Waals surface area contributed by atoms with Gasteiger partial charge in [0.25, 0.3) is 5.91 Å². The Hall–Kier alpha value is -1.36. The Morgan fingerprint density at radius 3 is 2.70 bits per heavy atom. The van der Waals surface area contributed by atoms with Crippen molar-refractivity contribution in [3.63, 3.8) is 0 Å². The molecule has 1 amide bonds. The van der Waals surface area contributed by atoms with Crippen LogP contribution in [0.4, 0.5) is 0 Å². The predicted octanol–water partition coefficient (Wildman–Crippen LogP) is 2.88. The quantitative estimate of drug-likeness (QED) is 0.862. The summed E-state index contributed by atoms with van der Waals surface area (Å²) in [6.45, 7) is 1.14. The van der Waals surface area contributed by atoms with E-state index < -0.39 is 0 Å². The van der Waals surface area contributed by atoms with Gasteiger partial charge in [0, 0.05) is 17.0 Å². The maximum absolute atomic E-state index is 12.2. The highest BCUT2D eigenvalue weighted by Gasteiger charge is 2.09. The molecule has 0 saturated carbocycles. The number of rotatable bonds is 6. The summed E-state index contributed by atoms with van der Waals surface area (Å²) >= 11 is 7.42. The summed E-state index contributed by atoms with van der Waals surface area (Å²) in [5.74, 6) is -0.0447. The highest BCUT2D eigenvalue weighted by atomic mass is 35.5. The minimum absolute atomic E-state index is 0.0447. The Morgan fingerprint density at radius 2 is 2.00 bits per heavy atom. The van der Waals surface area contributed by atoms with Gasteiger partial charge in [-0.05, 0) is 43.1 Å². The van der Waals surface area contributed by atoms with Gasteiger partial charge in [0.15, 0.2) is 0 Å². The van der Waals surface area contributed by atoms with Crippen molar-refractivity contribution in [1.82, 2.24) is 5.32 Å². The fraction of sp³-hybridized carbons (Fsp3) is 0.267. The fourth-order valence-electron chi connectivity index (χ4n) is 2.00. The number of nitrogens with two attached hydrogens (primary N) is 1. The Bertz CT molecular complexity index is 583. The first-order valence-electron chi connectivity index (χ1n) is 6.51. The lowest BCUT2D eigenvalue weighted by atomic mass is 10.0. The van der Waals surface area contributed by atoms with E-state index in [2.05, 4.69) is 5.32 Å². The molecule has 2 rings (SSSR count). The minimum Gasteiger partial charge on any atom is -0.352 e. The van der Waals surface area contributed by atoms with E-state index in [0.717, 1.165) is 16.3 Å². The number of nitrogens with one attached hydrogen (secondary N) is 1. The van der Waals surface area contributed by atoms with Crippen LogP contribution in [0.25, 0.3) is 0 Å². The number of hydrogen-bond donors (Lipinski definition) is 2. The highest BCUT2D eigenvalue weighted by molar-refractivity contribution is 7.16. The average molecular weight is 309 g/mol. The largest absolute Gasteiger partial charge is 0.352 e. The van der Waals surface area contributed by atoms with Crippen LogP contribution < -0.4 is 11.1 Å². The van der Waals surface area contributed by atoms with Crippen molar-refractivity contribution >= 4 is 28.8 Å². The number of thiophene rings is 1. The normalized spacial score (nSPS) is 10.5. The molecule has 0 spiro atoms. The van der Waals surface area contributed by atoms with Crippen LogP contribution in [0.15, 0.2) is 36.4 Å². The minimum atomic E-state index is -0.0447. The molecule has 20 heavy (non-hydrogen) atoms. The van der Waals surface area contributed by atoms with Crippen molar-refractivity contribution in [3.8, 4) is 0 Å². The Labute approximate surface area is 127 Å². The maximum Gasteiger partial charge on any atom is 0.251 e. The van der Waals surface area contributed by atoms with Gasteiger partial charge in [-0.15, -0.1) is 11.3 Å². The summed E-state index contributed by atoms with van der Waals surface area (Å²) in [4.78, 5) is 13.3. The van der Waals surface area contributed by atoms with E-state index in [0.29, 0.717) is 25.1 Å². The average Bonchev–Trinajstić information content (AvgIpc) is 2.85. The Kier molecular flexibility index (Phi) is 5.59. The third kappa shape index (κ3) is 4.07. The van der Waals surface area contributed by atoms with E-state index >= 15 is 0 Å². The molecule has 3 nitrogen and oxygen atoms in total. The summed E-state index contributed by atoms with van der Waals surface area (Å²) in [6.07, 6.45) is 1.51. The molecule has 0 unspecified atom stereocenters. The van der Waals surface area contributed by atoms with Crippen LogP contribution in [0.5, 0.6) is 0 Å². The van der Waals surface area contributed by atoms with Crippen molar-refractivity contribution in [2.75, 3.05) is 13.1 Å². The molecular formula is C15H17ClN2OS. The van der Waals surface area contributed by atoms with Gasteiger partial charge in [-0.3, -0.25) is 4.79 Å². The number of carbonyl (C=O) groups excluding carboxylic acids is 1. The van der Waals surface area contributed by atoms with Gasteiger partial charge in [-0.25, -0.2) is 0 Å². The summed E-state index contributed by atoms with van der Waals surface area (Å²) in [5, 5.41) is 2.94. The summed E-state index contributed by atoms with van der Waals surface area (Å²) < 4.78 is 0.777. The monoisotopic (exact) mass is 308 g/mol. The molecule has 3 N–H and O–H groups in total. The zero-order chi connectivity index (χ0) is 14.4. The molecule has 1 aromatic heterocycles. The van der Waals surface area contributed by atoms with Crippen LogP contribution in [-0.4, -0.2) is 19.0 Å². The van der Waals surface area contributed by atoms with E-state index in [4.69, 9.17) is 17.3 Å². The summed E-state index contributed by atoms with van der Waals surface area (Å²) in [7, 11) is 0. The standard InChI is InChI=1S/C15H17ClN2OS/c16-14-6-5-12(20-14)8-10-18-15(19)13-4-2-1-3-11(13)7-9-17/h1-6H,7-10,17H2,(H,18,19). The van der Waals surface area contributed by atoms with Gasteiger partial charge in [0.2, 0.25) is 0 Å². The third-order valence-corrected chi connectivity index (χ3v) is 4.25. The Morgan fingerprint density at radius 1 is 1.20 bits per heavy atom. The van der Waals surface area contributed by atoms with E-state index in [9.17, 15) is 4.79 Å². The molecule has 0 aliphatic rings. The number of carbonyl (C=O) groups is 1. The van der Waals surface area contributed by atoms with Crippen LogP contribution >= 0.6 is 22.9 Å². The zero-order valence-corrected chi connectivity index (χ0v) is 12.6. The fourth-order valence-corrected chi connectivity index (χ4v) is 3.08. The number of benzene rings is 1. The van der Waals surface area contributed by atoms with Gasteiger partial charge in [-0.1, -0.05) is 29.8 Å². The van der Waals surface area contributed by atoms with Crippen molar-refractivity contribution in [1.29, 1.82) is 0 Å². The number of hydrogen-bond acceptors (Lipinski definition) is 3. The third-order valence-electron chi connectivity index (χ3n) is 2.96. The van der Waals surface area contributed by atoms with Crippen molar-refractivity contribution < 1.29 is 4.79 Å². The molecule has 5 heteroatoms. The van der Waals surface area contributed by atoms with E-state index in [1.54, 1.807) is 11.3 Å². The molecule has 0 aliphatic carbocycles. The van der Waals surface area contributed by atoms with E-state index in [1.165, 1.54) is 4.88 Å². The molecule has 1 heterocycles. The first-order valence-corrected chi connectivity index (χ1v) is 7.70. The molecule has 106 valence electrons. The number of halogens is 1. The molecule has 0 bridgehead atoms. The van der Waals surface area contributed by atoms with Gasteiger partial charge in [-0.2, -0.15) is 0 Å². The van der Waals surface area contributed by atoms with E-state index in [1.807, 2.05) is 36.4 Å². The van der Waals surface area contributed by atoms with Gasteiger partial charge >= 0.3 is 0 Å². The molecule has 0 saturated heterocycles. The molecule has 0 aliphatic heterocycles. The summed E-state index contributed by atoms with van der Waals surface area (Å²) in [5.41, 5.74) is 7.27. The van der Waals surface area contributed by atoms with E-state index in [-0.39, 0.29) is 5.91 Å². The molecule has 0 atom stereocenters. The first-order chi connectivity index (χ1) is 9.70. The summed E-state index contributed by atoms with van der Waals surface area (Å²) in [6, 6.07) is 11.4. The second kappa shape index (κ2) is 7.43. The molecular weight excluding hydrogens is 292 g/mol. The van der Waals surface area contributed by atoms with Crippen molar-refractivity contribution in [2.24, 2.45) is 5.73 Å². The smallest absolute Gasteiger partial charge is 0.251 e. The second-order valence-electron chi connectivity index (χ2n) is 4.41. The second-order valence-corrected chi connectivity index (χ2v) is 6.21.